The molecule has 0 unspecified atom stereocenters. The lowest BCUT2D eigenvalue weighted by Gasteiger charge is -2.16. The minimum Gasteiger partial charge on any atom is -0.491 e. The van der Waals surface area contributed by atoms with Crippen LogP contribution >= 0.6 is 11.6 Å². The molecule has 40 heavy (non-hydrogen) atoms. The number of aromatic carboxylic acids is 1. The van der Waals surface area contributed by atoms with E-state index in [4.69, 9.17) is 16.3 Å². The Morgan fingerprint density at radius 2 is 1.98 bits per heavy atom. The van der Waals surface area contributed by atoms with Crippen LogP contribution in [0.3, 0.4) is 0 Å². The maximum atomic E-state index is 13.3. The number of carboxylic acids is 1. The van der Waals surface area contributed by atoms with Crippen LogP contribution in [0.4, 0.5) is 13.2 Å². The number of nitrogens with one attached hydrogen (secondary N) is 1. The summed E-state index contributed by atoms with van der Waals surface area (Å²) < 4.78 is 47.0. The Kier molecular flexibility index (Phi) is 6.73. The number of ether oxygens (including phenoxy) is 1. The second kappa shape index (κ2) is 10.1. The molecule has 2 heterocycles. The number of nitriles is 1. The van der Waals surface area contributed by atoms with Gasteiger partial charge in [-0.1, -0.05) is 29.8 Å². The summed E-state index contributed by atoms with van der Waals surface area (Å²) >= 11 is 6.26. The minimum atomic E-state index is -4.70. The van der Waals surface area contributed by atoms with Crippen molar-refractivity contribution in [2.24, 2.45) is 0 Å². The third kappa shape index (κ3) is 4.74. The molecule has 202 valence electrons. The number of alkyl halides is 3. The van der Waals surface area contributed by atoms with Crippen molar-refractivity contribution in [1.82, 2.24) is 14.5 Å². The number of carboxylic acid groups (broad SMARTS) is 1. The number of nitrogens with zero attached hydrogens (tertiary/aromatic N) is 3. The van der Waals surface area contributed by atoms with Gasteiger partial charge in [0.2, 0.25) is 0 Å². The van der Waals surface area contributed by atoms with Gasteiger partial charge < -0.3 is 14.8 Å². The lowest BCUT2D eigenvalue weighted by atomic mass is 10.0. The Morgan fingerprint density at radius 3 is 2.67 bits per heavy atom. The van der Waals surface area contributed by atoms with E-state index in [1.165, 1.54) is 17.7 Å². The topological polar surface area (TPSA) is 121 Å². The number of H-pyrrole nitrogens is 1. The highest BCUT2D eigenvalue weighted by Crippen LogP contribution is 2.37. The predicted octanol–water partition coefficient (Wildman–Crippen LogP) is 6.17. The normalized spacial score (nSPS) is 11.6. The van der Waals surface area contributed by atoms with Crippen LogP contribution < -0.4 is 10.3 Å². The monoisotopic (exact) mass is 566 g/mol. The van der Waals surface area contributed by atoms with Crippen LogP contribution in [0.15, 0.2) is 59.5 Å². The van der Waals surface area contributed by atoms with Crippen molar-refractivity contribution in [3.8, 4) is 22.9 Å². The van der Waals surface area contributed by atoms with E-state index in [1.807, 2.05) is 0 Å². The molecule has 0 bridgehead atoms. The van der Waals surface area contributed by atoms with Gasteiger partial charge in [-0.3, -0.25) is 9.36 Å². The molecule has 0 spiro atoms. The molecule has 2 N–H and O–H groups in total. The molecule has 0 aliphatic carbocycles. The van der Waals surface area contributed by atoms with Crippen molar-refractivity contribution in [3.63, 3.8) is 0 Å². The number of rotatable bonds is 6. The van der Waals surface area contributed by atoms with Crippen LogP contribution in [0, 0.1) is 18.3 Å². The Bertz CT molecular complexity index is 1920. The van der Waals surface area contributed by atoms with Gasteiger partial charge in [-0.2, -0.15) is 18.4 Å². The number of aromatic nitrogens is 3. The van der Waals surface area contributed by atoms with Crippen LogP contribution in [-0.2, 0) is 12.7 Å². The fourth-order valence-electron chi connectivity index (χ4n) is 4.61. The molecule has 12 heteroatoms. The van der Waals surface area contributed by atoms with E-state index in [-0.39, 0.29) is 35.4 Å². The number of para-hydroxylation sites is 1. The first-order chi connectivity index (χ1) is 19.0. The quantitative estimate of drug-likeness (QED) is 0.253. The largest absolute Gasteiger partial charge is 0.491 e. The predicted molar refractivity (Wildman–Crippen MR) is 142 cm³/mol. The van der Waals surface area contributed by atoms with E-state index < -0.39 is 28.8 Å². The first-order valence-corrected chi connectivity index (χ1v) is 12.2. The second-order valence-corrected chi connectivity index (χ2v) is 9.30. The Hall–Kier alpha value is -4.82. The van der Waals surface area contributed by atoms with E-state index in [0.717, 1.165) is 6.07 Å². The molecule has 0 aliphatic heterocycles. The molecule has 0 radical (unpaired) electrons. The smallest absolute Gasteiger partial charge is 0.416 e. The molecule has 0 aliphatic rings. The summed E-state index contributed by atoms with van der Waals surface area (Å²) in [6, 6.07) is 13.2. The van der Waals surface area contributed by atoms with E-state index >= 15 is 0 Å². The highest BCUT2D eigenvalue weighted by Gasteiger charge is 2.32. The number of aromatic amines is 1. The number of hydrogen-bond acceptors (Lipinski definition) is 5. The molecule has 0 amide bonds. The van der Waals surface area contributed by atoms with Crippen molar-refractivity contribution in [2.45, 2.75) is 19.6 Å². The van der Waals surface area contributed by atoms with E-state index in [9.17, 15) is 33.1 Å². The molecule has 5 aromatic rings. The van der Waals surface area contributed by atoms with Gasteiger partial charge in [-0.25, -0.2) is 9.78 Å². The fourth-order valence-corrected chi connectivity index (χ4v) is 4.78. The highest BCUT2D eigenvalue weighted by molar-refractivity contribution is 6.31. The summed E-state index contributed by atoms with van der Waals surface area (Å²) in [5, 5.41) is 19.6. The zero-order valence-electron chi connectivity index (χ0n) is 20.6. The van der Waals surface area contributed by atoms with Crippen molar-refractivity contribution in [2.75, 3.05) is 6.61 Å². The van der Waals surface area contributed by atoms with Gasteiger partial charge in [-0.15, -0.1) is 0 Å². The minimum absolute atomic E-state index is 0.0164. The molecule has 2 aromatic heterocycles. The Labute approximate surface area is 228 Å². The molecule has 5 rings (SSSR count). The zero-order valence-corrected chi connectivity index (χ0v) is 21.4. The summed E-state index contributed by atoms with van der Waals surface area (Å²) in [5.41, 5.74) is -0.468. The molecular formula is C28H18ClF3N4O4. The average Bonchev–Trinajstić information content (AvgIpc) is 3.34. The lowest BCUT2D eigenvalue weighted by molar-refractivity contribution is -0.137. The Balaban J connectivity index is 1.49. The van der Waals surface area contributed by atoms with Crippen LogP contribution in [0.1, 0.15) is 27.3 Å². The molecule has 8 nitrogen and oxygen atoms in total. The first kappa shape index (κ1) is 26.8. The summed E-state index contributed by atoms with van der Waals surface area (Å²) in [6.45, 7) is 1.43. The third-order valence-electron chi connectivity index (χ3n) is 6.45. The lowest BCUT2D eigenvalue weighted by Crippen LogP contribution is -2.27. The summed E-state index contributed by atoms with van der Waals surface area (Å²) in [5.74, 6) is -0.529. The van der Waals surface area contributed by atoms with Gasteiger partial charge in [0.05, 0.1) is 39.7 Å². The number of fused-ring (bicyclic) bond motifs is 2. The number of aryl methyl sites for hydroxylation is 1. The molecule has 0 fully saturated rings. The van der Waals surface area contributed by atoms with Crippen LogP contribution in [0.5, 0.6) is 5.75 Å². The number of carbonyl (C=O) groups is 1. The number of benzene rings is 3. The van der Waals surface area contributed by atoms with Gasteiger partial charge >= 0.3 is 12.1 Å². The summed E-state index contributed by atoms with van der Waals surface area (Å²) in [4.78, 5) is 32.0. The maximum absolute atomic E-state index is 13.3. The van der Waals surface area contributed by atoms with Gasteiger partial charge in [0.15, 0.2) is 0 Å². The third-order valence-corrected chi connectivity index (χ3v) is 6.68. The van der Waals surface area contributed by atoms with Gasteiger partial charge in [-0.05, 0) is 37.3 Å². The fraction of sp³-hybridized carbons (Fsp3) is 0.143. The summed E-state index contributed by atoms with van der Waals surface area (Å²) in [7, 11) is 0. The molecule has 0 saturated heterocycles. The van der Waals surface area contributed by atoms with E-state index in [2.05, 4.69) is 9.97 Å². The van der Waals surface area contributed by atoms with Gasteiger partial charge in [0, 0.05) is 27.7 Å². The van der Waals surface area contributed by atoms with Gasteiger partial charge in [0.1, 0.15) is 24.3 Å². The zero-order chi connectivity index (χ0) is 28.8. The SMILES string of the molecule is Cc1nc2cc(C(F)(F)F)cc(C#N)c2c(=O)n1CCOc1ccc(Cl)cc1-c1cccc2c(C(=O)O)c[nH]c12. The molecule has 0 saturated carbocycles. The maximum Gasteiger partial charge on any atom is 0.416 e. The average molecular weight is 567 g/mol. The highest BCUT2D eigenvalue weighted by atomic mass is 35.5. The van der Waals surface area contributed by atoms with Crippen LogP contribution in [0.25, 0.3) is 32.9 Å². The standard InChI is InChI=1S/C28H18ClF3N4O4/c1-14-35-22-10-16(28(30,31)32)9-15(12-33)24(22)26(37)36(14)7-8-40-23-6-5-17(29)11-20(23)18-3-2-4-19-21(27(38)39)13-34-25(18)19/h2-6,9-11,13,34H,7-8H2,1H3,(H,38,39). The summed E-state index contributed by atoms with van der Waals surface area (Å²) in [6.07, 6.45) is -3.30. The van der Waals surface area contributed by atoms with Crippen molar-refractivity contribution >= 4 is 39.4 Å². The van der Waals surface area contributed by atoms with Crippen LogP contribution in [-0.4, -0.2) is 32.2 Å². The van der Waals surface area contributed by atoms with Crippen LogP contribution in [0.2, 0.25) is 5.02 Å². The van der Waals surface area contributed by atoms with E-state index in [1.54, 1.807) is 42.5 Å². The molecule has 0 atom stereocenters. The van der Waals surface area contributed by atoms with Crippen molar-refractivity contribution < 1.29 is 27.8 Å². The second-order valence-electron chi connectivity index (χ2n) is 8.87. The van der Waals surface area contributed by atoms with Gasteiger partial charge in [0.25, 0.3) is 5.56 Å². The van der Waals surface area contributed by atoms with E-state index in [0.29, 0.717) is 38.9 Å². The Morgan fingerprint density at radius 1 is 1.20 bits per heavy atom. The number of hydrogen-bond donors (Lipinski definition) is 2. The number of halogens is 4. The first-order valence-electron chi connectivity index (χ1n) is 11.8. The van der Waals surface area contributed by atoms with Crippen molar-refractivity contribution in [3.05, 3.63) is 92.6 Å². The molecular weight excluding hydrogens is 549 g/mol. The molecule has 3 aromatic carbocycles. The van der Waals surface area contributed by atoms with Crippen molar-refractivity contribution in [1.29, 1.82) is 5.26 Å².